The lowest BCUT2D eigenvalue weighted by Gasteiger charge is -2.14. The average molecular weight is 425 g/mol. The Balaban J connectivity index is 1.71. The SMILES string of the molecule is [2H][C@](O)(CCC)c1cc(C)c(-c2cc3cnc(NC(=O)[C@@H]4C[C@@H]4F)cc3n(C)c2=O)cn1. The van der Waals surface area contributed by atoms with Crippen molar-refractivity contribution in [2.45, 2.75) is 45.4 Å². The molecule has 7 nitrogen and oxygen atoms in total. The van der Waals surface area contributed by atoms with Crippen LogP contribution in [0, 0.1) is 12.8 Å². The number of hydrogen-bond donors (Lipinski definition) is 2. The van der Waals surface area contributed by atoms with Gasteiger partial charge in [-0.2, -0.15) is 0 Å². The molecule has 3 atom stereocenters. The van der Waals surface area contributed by atoms with E-state index in [2.05, 4.69) is 15.3 Å². The van der Waals surface area contributed by atoms with E-state index in [4.69, 9.17) is 1.37 Å². The van der Waals surface area contributed by atoms with Crippen LogP contribution in [0.4, 0.5) is 10.2 Å². The van der Waals surface area contributed by atoms with Gasteiger partial charge in [0.2, 0.25) is 5.91 Å². The molecule has 8 heteroatoms. The second-order valence-corrected chi connectivity index (χ2v) is 7.98. The van der Waals surface area contributed by atoms with Crippen molar-refractivity contribution in [2.75, 3.05) is 5.32 Å². The molecule has 0 bridgehead atoms. The molecule has 1 aliphatic carbocycles. The number of pyridine rings is 3. The maximum Gasteiger partial charge on any atom is 0.258 e. The van der Waals surface area contributed by atoms with E-state index < -0.39 is 24.1 Å². The maximum atomic E-state index is 13.1. The first-order valence-corrected chi connectivity index (χ1v) is 10.3. The Morgan fingerprint density at radius 3 is 2.74 bits per heavy atom. The predicted octanol–water partition coefficient (Wildman–Crippen LogP) is 3.43. The number of carbonyl (C=O) groups is 1. The number of hydrogen-bond acceptors (Lipinski definition) is 5. The minimum absolute atomic E-state index is 0.226. The largest absolute Gasteiger partial charge is 0.387 e. The number of aliphatic hydroxyl groups is 1. The molecule has 0 aromatic carbocycles. The molecular formula is C23H25FN4O3. The zero-order valence-corrected chi connectivity index (χ0v) is 17.6. The van der Waals surface area contributed by atoms with Gasteiger partial charge in [-0.3, -0.25) is 14.6 Å². The minimum Gasteiger partial charge on any atom is -0.387 e. The van der Waals surface area contributed by atoms with Gasteiger partial charge < -0.3 is 15.0 Å². The van der Waals surface area contributed by atoms with E-state index in [1.54, 1.807) is 38.4 Å². The standard InChI is InChI=1S/C23H25FN4O3/c1-4-5-20(29)18-6-12(2)16(11-25-18)14-7-13-10-26-21(9-19(13)28(3)23(14)31)27-22(30)15-8-17(15)24/h6-7,9-11,15,17,20,29H,4-5,8H2,1-3H3,(H,26,27,30)/t15-,17+,20+/m1/s1/i20D. The fourth-order valence-corrected chi connectivity index (χ4v) is 3.64. The molecule has 0 radical (unpaired) electrons. The van der Waals surface area contributed by atoms with Gasteiger partial charge in [-0.1, -0.05) is 13.3 Å². The van der Waals surface area contributed by atoms with Gasteiger partial charge in [-0.15, -0.1) is 0 Å². The molecule has 3 aromatic rings. The number of aromatic nitrogens is 3. The number of aryl methyl sites for hydroxylation is 2. The molecule has 1 amide bonds. The second kappa shape index (κ2) is 8.19. The third kappa shape index (κ3) is 4.07. The summed E-state index contributed by atoms with van der Waals surface area (Å²) in [6.45, 7) is 3.69. The normalized spacial score (nSPS) is 20.2. The summed E-state index contributed by atoms with van der Waals surface area (Å²) in [6, 6.07) is 4.93. The molecule has 3 aromatic heterocycles. The predicted molar refractivity (Wildman–Crippen MR) is 116 cm³/mol. The third-order valence-electron chi connectivity index (χ3n) is 5.59. The van der Waals surface area contributed by atoms with Gasteiger partial charge in [0.25, 0.3) is 5.56 Å². The van der Waals surface area contributed by atoms with Crippen LogP contribution in [0.2, 0.25) is 0 Å². The summed E-state index contributed by atoms with van der Waals surface area (Å²) in [6.07, 6.45) is 1.30. The van der Waals surface area contributed by atoms with Crippen molar-refractivity contribution in [2.24, 2.45) is 13.0 Å². The number of anilines is 1. The monoisotopic (exact) mass is 425 g/mol. The second-order valence-electron chi connectivity index (χ2n) is 7.98. The zero-order chi connectivity index (χ0) is 23.2. The molecule has 0 unspecified atom stereocenters. The molecule has 3 heterocycles. The molecule has 4 rings (SSSR count). The van der Waals surface area contributed by atoms with E-state index in [1.807, 2.05) is 6.92 Å². The van der Waals surface area contributed by atoms with Crippen molar-refractivity contribution in [3.8, 4) is 11.1 Å². The molecule has 31 heavy (non-hydrogen) atoms. The first-order chi connectivity index (χ1) is 15.1. The van der Waals surface area contributed by atoms with Gasteiger partial charge in [0.15, 0.2) is 0 Å². The molecule has 1 saturated carbocycles. The van der Waals surface area contributed by atoms with Gasteiger partial charge in [0.05, 0.1) is 24.6 Å². The summed E-state index contributed by atoms with van der Waals surface area (Å²) in [5.41, 5.74) is 2.28. The maximum absolute atomic E-state index is 13.1. The lowest BCUT2D eigenvalue weighted by atomic mass is 10.0. The van der Waals surface area contributed by atoms with Crippen molar-refractivity contribution in [3.63, 3.8) is 0 Å². The van der Waals surface area contributed by atoms with E-state index in [1.165, 1.54) is 10.8 Å². The van der Waals surface area contributed by atoms with Crippen LogP contribution in [0.15, 0.2) is 35.4 Å². The molecule has 1 fully saturated rings. The Morgan fingerprint density at radius 2 is 2.10 bits per heavy atom. The van der Waals surface area contributed by atoms with Gasteiger partial charge >= 0.3 is 0 Å². The van der Waals surface area contributed by atoms with E-state index in [0.717, 1.165) is 5.56 Å². The van der Waals surface area contributed by atoms with Gasteiger partial charge in [0, 0.05) is 42.0 Å². The van der Waals surface area contributed by atoms with E-state index in [-0.39, 0.29) is 29.9 Å². The van der Waals surface area contributed by atoms with Crippen molar-refractivity contribution in [1.82, 2.24) is 14.5 Å². The first kappa shape index (κ1) is 19.8. The molecule has 1 aliphatic rings. The van der Waals surface area contributed by atoms with Crippen LogP contribution >= 0.6 is 0 Å². The Hall–Kier alpha value is -3.13. The number of rotatable bonds is 6. The summed E-state index contributed by atoms with van der Waals surface area (Å²) >= 11 is 0. The van der Waals surface area contributed by atoms with Crippen LogP contribution in [0.1, 0.15) is 44.9 Å². The smallest absolute Gasteiger partial charge is 0.258 e. The number of carbonyl (C=O) groups excluding carboxylic acids is 1. The number of halogens is 1. The minimum atomic E-state index is -1.78. The number of alkyl halides is 1. The van der Waals surface area contributed by atoms with Crippen LogP contribution in [0.25, 0.3) is 22.0 Å². The fraction of sp³-hybridized carbons (Fsp3) is 0.391. The van der Waals surface area contributed by atoms with Gasteiger partial charge in [-0.05, 0) is 37.5 Å². The van der Waals surface area contributed by atoms with Crippen molar-refractivity contribution >= 4 is 22.6 Å². The number of amides is 1. The Kier molecular flexibility index (Phi) is 5.23. The molecule has 0 saturated heterocycles. The molecule has 2 N–H and O–H groups in total. The summed E-state index contributed by atoms with van der Waals surface area (Å²) in [5, 5.41) is 13.6. The van der Waals surface area contributed by atoms with Crippen LogP contribution in [-0.2, 0) is 11.8 Å². The van der Waals surface area contributed by atoms with Crippen LogP contribution in [0.3, 0.4) is 0 Å². The summed E-state index contributed by atoms with van der Waals surface area (Å²) in [5.74, 6) is -0.779. The van der Waals surface area contributed by atoms with Gasteiger partial charge in [-0.25, -0.2) is 9.37 Å². The summed E-state index contributed by atoms with van der Waals surface area (Å²) < 4.78 is 22.7. The highest BCUT2D eigenvalue weighted by Crippen LogP contribution is 2.34. The Morgan fingerprint density at radius 1 is 1.35 bits per heavy atom. The molecule has 0 spiro atoms. The molecule has 162 valence electrons. The highest BCUT2D eigenvalue weighted by Gasteiger charge is 2.43. The zero-order valence-electron chi connectivity index (χ0n) is 18.6. The quantitative estimate of drug-likeness (QED) is 0.631. The number of fused-ring (bicyclic) bond motifs is 1. The van der Waals surface area contributed by atoms with Crippen LogP contribution in [-0.4, -0.2) is 31.7 Å². The Labute approximate surface area is 180 Å². The highest BCUT2D eigenvalue weighted by molar-refractivity contribution is 5.95. The van der Waals surface area contributed by atoms with E-state index >= 15 is 0 Å². The lowest BCUT2D eigenvalue weighted by Crippen LogP contribution is -2.20. The third-order valence-corrected chi connectivity index (χ3v) is 5.59. The highest BCUT2D eigenvalue weighted by atomic mass is 19.1. The van der Waals surface area contributed by atoms with Crippen molar-refractivity contribution in [3.05, 3.63) is 52.2 Å². The Bertz CT molecular complexity index is 1270. The summed E-state index contributed by atoms with van der Waals surface area (Å²) in [7, 11) is 1.62. The number of nitrogens with one attached hydrogen (secondary N) is 1. The van der Waals surface area contributed by atoms with Crippen molar-refractivity contribution in [1.29, 1.82) is 0 Å². The van der Waals surface area contributed by atoms with Crippen molar-refractivity contribution < 1.29 is 15.7 Å². The fourth-order valence-electron chi connectivity index (χ4n) is 3.64. The summed E-state index contributed by atoms with van der Waals surface area (Å²) in [4.78, 5) is 33.6. The lowest BCUT2D eigenvalue weighted by molar-refractivity contribution is -0.117. The van der Waals surface area contributed by atoms with Crippen LogP contribution < -0.4 is 10.9 Å². The average Bonchev–Trinajstić information content (AvgIpc) is 3.48. The molecule has 0 aliphatic heterocycles. The topological polar surface area (TPSA) is 97.1 Å². The number of nitrogens with zero attached hydrogens (tertiary/aromatic N) is 3. The molecular weight excluding hydrogens is 399 g/mol. The van der Waals surface area contributed by atoms with Crippen LogP contribution in [0.5, 0.6) is 0 Å². The first-order valence-electron chi connectivity index (χ1n) is 10.8. The van der Waals surface area contributed by atoms with Gasteiger partial charge in [0.1, 0.15) is 12.0 Å². The van der Waals surface area contributed by atoms with E-state index in [0.29, 0.717) is 28.5 Å². The van der Waals surface area contributed by atoms with E-state index in [9.17, 15) is 19.1 Å².